The lowest BCUT2D eigenvalue weighted by molar-refractivity contribution is 0.0971. The number of benzene rings is 2. The van der Waals surface area contributed by atoms with Crippen LogP contribution in [0.15, 0.2) is 54.6 Å². The second-order valence-electron chi connectivity index (χ2n) is 6.18. The fourth-order valence-electron chi connectivity index (χ4n) is 3.59. The van der Waals surface area contributed by atoms with Gasteiger partial charge in [0.05, 0.1) is 5.52 Å². The minimum atomic E-state index is -0.00531. The molecular weight excluding hydrogens is 318 g/mol. The van der Waals surface area contributed by atoms with Crippen LogP contribution in [-0.2, 0) is 12.8 Å². The Morgan fingerprint density at radius 1 is 1.00 bits per heavy atom. The van der Waals surface area contributed by atoms with Crippen molar-refractivity contribution < 1.29 is 4.79 Å². The van der Waals surface area contributed by atoms with Crippen molar-refractivity contribution in [2.24, 2.45) is 0 Å². The zero-order chi connectivity index (χ0) is 16.5. The highest BCUT2D eigenvalue weighted by molar-refractivity contribution is 6.32. The predicted octanol–water partition coefficient (Wildman–Crippen LogP) is 5.53. The number of para-hydroxylation sites is 1. The second kappa shape index (κ2) is 6.29. The molecule has 3 heteroatoms. The number of hydrogen-bond donors (Lipinski definition) is 0. The summed E-state index contributed by atoms with van der Waals surface area (Å²) in [6.07, 6.45) is 7.80. The molecule has 0 N–H and O–H groups in total. The third-order valence-electron chi connectivity index (χ3n) is 4.71. The Morgan fingerprint density at radius 2 is 1.75 bits per heavy atom. The highest BCUT2D eigenvalue weighted by atomic mass is 35.5. The van der Waals surface area contributed by atoms with E-state index in [0.717, 1.165) is 30.3 Å². The van der Waals surface area contributed by atoms with Gasteiger partial charge < -0.3 is 0 Å². The van der Waals surface area contributed by atoms with Crippen molar-refractivity contribution in [3.8, 4) is 0 Å². The average molecular weight is 336 g/mol. The maximum atomic E-state index is 12.9. The van der Waals surface area contributed by atoms with Crippen molar-refractivity contribution in [2.45, 2.75) is 25.7 Å². The third-order valence-corrected chi connectivity index (χ3v) is 5.05. The molecule has 0 saturated carbocycles. The summed E-state index contributed by atoms with van der Waals surface area (Å²) >= 11 is 6.17. The molecule has 2 aromatic carbocycles. The lowest BCUT2D eigenvalue weighted by Crippen LogP contribution is -2.14. The molecule has 2 nitrogen and oxygen atoms in total. The summed E-state index contributed by atoms with van der Waals surface area (Å²) in [4.78, 5) is 12.9. The lowest BCUT2D eigenvalue weighted by Gasteiger charge is -2.14. The molecule has 1 aliphatic carbocycles. The molecule has 1 heterocycles. The minimum absolute atomic E-state index is 0.00531. The maximum Gasteiger partial charge on any atom is 0.255 e. The zero-order valence-corrected chi connectivity index (χ0v) is 14.1. The van der Waals surface area contributed by atoms with E-state index in [1.165, 1.54) is 23.1 Å². The number of hydrogen-bond acceptors (Lipinski definition) is 1. The number of halogens is 1. The second-order valence-corrected chi connectivity index (χ2v) is 6.59. The summed E-state index contributed by atoms with van der Waals surface area (Å²) < 4.78 is 1.89. The van der Waals surface area contributed by atoms with Crippen LogP contribution in [0.25, 0.3) is 17.0 Å². The van der Waals surface area contributed by atoms with Gasteiger partial charge in [0.2, 0.25) is 0 Å². The molecule has 0 saturated heterocycles. The molecule has 24 heavy (non-hydrogen) atoms. The number of rotatable bonds is 2. The van der Waals surface area contributed by atoms with Crippen molar-refractivity contribution in [2.75, 3.05) is 0 Å². The van der Waals surface area contributed by atoms with Gasteiger partial charge in [-0.3, -0.25) is 9.36 Å². The van der Waals surface area contributed by atoms with Gasteiger partial charge in [-0.05, 0) is 55.0 Å². The number of nitrogens with zero attached hydrogens (tertiary/aromatic N) is 1. The largest absolute Gasteiger partial charge is 0.280 e. The Labute approximate surface area is 146 Å². The van der Waals surface area contributed by atoms with Gasteiger partial charge in [0.25, 0.3) is 5.91 Å². The zero-order valence-electron chi connectivity index (χ0n) is 13.3. The molecule has 0 atom stereocenters. The highest BCUT2D eigenvalue weighted by Gasteiger charge is 2.21. The number of aryl methyl sites for hydroxylation is 1. The van der Waals surface area contributed by atoms with Crippen LogP contribution in [0.1, 0.15) is 34.5 Å². The number of carbonyl (C=O) groups excluding carboxylic acids is 1. The van der Waals surface area contributed by atoms with Crippen LogP contribution in [0.4, 0.5) is 0 Å². The van der Waals surface area contributed by atoms with E-state index in [0.29, 0.717) is 5.02 Å². The lowest BCUT2D eigenvalue weighted by atomic mass is 9.95. The average Bonchev–Trinajstić information content (AvgIpc) is 2.95. The Bertz CT molecular complexity index is 952. The van der Waals surface area contributed by atoms with Crippen molar-refractivity contribution >= 4 is 34.5 Å². The van der Waals surface area contributed by atoms with E-state index in [4.69, 9.17) is 11.6 Å². The summed E-state index contributed by atoms with van der Waals surface area (Å²) in [5.41, 5.74) is 4.39. The smallest absolute Gasteiger partial charge is 0.255 e. The van der Waals surface area contributed by atoms with E-state index in [1.54, 1.807) is 12.2 Å². The minimum Gasteiger partial charge on any atom is -0.280 e. The van der Waals surface area contributed by atoms with Gasteiger partial charge in [-0.25, -0.2) is 0 Å². The normalized spacial score (nSPS) is 14.2. The molecule has 120 valence electrons. The molecule has 0 spiro atoms. The predicted molar refractivity (Wildman–Crippen MR) is 99.7 cm³/mol. The SMILES string of the molecule is O=C(C=Cc1ccccc1Cl)n1c2c(c3ccccc31)CCCC2. The molecular formula is C21H18ClNO. The van der Waals surface area contributed by atoms with Gasteiger partial charge in [-0.1, -0.05) is 48.0 Å². The summed E-state index contributed by atoms with van der Waals surface area (Å²) in [6.45, 7) is 0. The summed E-state index contributed by atoms with van der Waals surface area (Å²) in [5, 5.41) is 1.87. The topological polar surface area (TPSA) is 22.0 Å². The van der Waals surface area contributed by atoms with E-state index in [9.17, 15) is 4.79 Å². The van der Waals surface area contributed by atoms with E-state index in [1.807, 2.05) is 47.0 Å². The van der Waals surface area contributed by atoms with Gasteiger partial charge in [0.1, 0.15) is 0 Å². The van der Waals surface area contributed by atoms with E-state index in [-0.39, 0.29) is 5.91 Å². The van der Waals surface area contributed by atoms with Gasteiger partial charge in [0.15, 0.2) is 0 Å². The first-order chi connectivity index (χ1) is 11.8. The van der Waals surface area contributed by atoms with E-state index in [2.05, 4.69) is 6.07 Å². The fraction of sp³-hybridized carbons (Fsp3) is 0.190. The summed E-state index contributed by atoms with van der Waals surface area (Å²) in [6, 6.07) is 15.8. The molecule has 0 unspecified atom stereocenters. The third kappa shape index (κ3) is 2.57. The number of carbonyl (C=O) groups is 1. The molecule has 3 aromatic rings. The molecule has 0 amide bonds. The molecule has 4 rings (SSSR count). The monoisotopic (exact) mass is 335 g/mol. The molecule has 0 radical (unpaired) electrons. The first-order valence-corrected chi connectivity index (χ1v) is 8.71. The summed E-state index contributed by atoms with van der Waals surface area (Å²) in [5.74, 6) is -0.00531. The van der Waals surface area contributed by atoms with Crippen LogP contribution < -0.4 is 0 Å². The standard InChI is InChI=1S/C21H18ClNO/c22-18-10-4-1-7-15(18)13-14-21(24)23-19-11-5-2-8-16(19)17-9-3-6-12-20(17)23/h1-2,4-5,7-8,10-11,13-14H,3,6,9,12H2. The quantitative estimate of drug-likeness (QED) is 0.564. The van der Waals surface area contributed by atoms with Crippen LogP contribution in [-0.4, -0.2) is 10.5 Å². The van der Waals surface area contributed by atoms with Crippen molar-refractivity contribution in [3.05, 3.63) is 76.5 Å². The molecule has 0 fully saturated rings. The Balaban J connectivity index is 1.79. The molecule has 1 aromatic heterocycles. The fourth-order valence-corrected chi connectivity index (χ4v) is 3.79. The molecule has 0 bridgehead atoms. The van der Waals surface area contributed by atoms with Gasteiger partial charge in [0, 0.05) is 22.2 Å². The Hall–Kier alpha value is -2.32. The van der Waals surface area contributed by atoms with Crippen LogP contribution >= 0.6 is 11.6 Å². The van der Waals surface area contributed by atoms with Crippen molar-refractivity contribution in [1.29, 1.82) is 0 Å². The van der Waals surface area contributed by atoms with Gasteiger partial charge in [-0.15, -0.1) is 0 Å². The van der Waals surface area contributed by atoms with E-state index < -0.39 is 0 Å². The highest BCUT2D eigenvalue weighted by Crippen LogP contribution is 2.32. The number of aromatic nitrogens is 1. The van der Waals surface area contributed by atoms with Gasteiger partial charge >= 0.3 is 0 Å². The first-order valence-electron chi connectivity index (χ1n) is 8.34. The van der Waals surface area contributed by atoms with Crippen molar-refractivity contribution in [1.82, 2.24) is 4.57 Å². The Morgan fingerprint density at radius 3 is 2.62 bits per heavy atom. The number of allylic oxidation sites excluding steroid dienone is 1. The van der Waals surface area contributed by atoms with E-state index >= 15 is 0 Å². The Kier molecular flexibility index (Phi) is 3.99. The summed E-state index contributed by atoms with van der Waals surface area (Å²) in [7, 11) is 0. The van der Waals surface area contributed by atoms with Crippen molar-refractivity contribution in [3.63, 3.8) is 0 Å². The number of fused-ring (bicyclic) bond motifs is 3. The maximum absolute atomic E-state index is 12.9. The molecule has 0 aliphatic heterocycles. The first kappa shape index (κ1) is 15.2. The van der Waals surface area contributed by atoms with Crippen LogP contribution in [0.2, 0.25) is 5.02 Å². The molecule has 1 aliphatic rings. The van der Waals surface area contributed by atoms with Crippen LogP contribution in [0, 0.1) is 0 Å². The van der Waals surface area contributed by atoms with Crippen LogP contribution in [0.5, 0.6) is 0 Å². The van der Waals surface area contributed by atoms with Crippen LogP contribution in [0.3, 0.4) is 0 Å². The van der Waals surface area contributed by atoms with Gasteiger partial charge in [-0.2, -0.15) is 0 Å².